The van der Waals surface area contributed by atoms with Crippen LogP contribution in [0.25, 0.3) is 0 Å². The number of rotatable bonds is 9. The second-order valence-electron chi connectivity index (χ2n) is 5.56. The number of halogens is 3. The van der Waals surface area contributed by atoms with Gasteiger partial charge in [0.2, 0.25) is 0 Å². The summed E-state index contributed by atoms with van der Waals surface area (Å²) in [5, 5.41) is 5.39. The highest BCUT2D eigenvalue weighted by Crippen LogP contribution is 2.29. The summed E-state index contributed by atoms with van der Waals surface area (Å²) in [5.74, 6) is 0. The number of hydrogen-bond donors (Lipinski definition) is 2. The van der Waals surface area contributed by atoms with Gasteiger partial charge in [-0.1, -0.05) is 25.5 Å². The molecule has 0 aliphatic carbocycles. The molecule has 0 aliphatic rings. The minimum Gasteiger partial charge on any atom is -0.381 e. The lowest BCUT2D eigenvalue weighted by molar-refractivity contribution is -0.137. The molecule has 0 bridgehead atoms. The van der Waals surface area contributed by atoms with Crippen molar-refractivity contribution >= 4 is 6.03 Å². The van der Waals surface area contributed by atoms with Crippen LogP contribution >= 0.6 is 0 Å². The summed E-state index contributed by atoms with van der Waals surface area (Å²) < 4.78 is 42.9. The van der Waals surface area contributed by atoms with Crippen molar-refractivity contribution < 1.29 is 22.7 Å². The van der Waals surface area contributed by atoms with E-state index in [1.54, 1.807) is 6.92 Å². The van der Waals surface area contributed by atoms with E-state index in [4.69, 9.17) is 4.74 Å². The van der Waals surface area contributed by atoms with Gasteiger partial charge in [0.1, 0.15) is 0 Å². The molecule has 0 heterocycles. The van der Waals surface area contributed by atoms with Crippen LogP contribution < -0.4 is 10.6 Å². The SMILES string of the molecule is CCCCOCCCNC(=O)NC(C)c1ccc(C(F)(F)F)cc1. The summed E-state index contributed by atoms with van der Waals surface area (Å²) in [6.07, 6.45) is -1.53. The zero-order valence-electron chi connectivity index (χ0n) is 14.1. The fourth-order valence-corrected chi connectivity index (χ4v) is 2.02. The fourth-order valence-electron chi connectivity index (χ4n) is 2.02. The number of carbonyl (C=O) groups is 1. The molecule has 0 spiro atoms. The minimum absolute atomic E-state index is 0.351. The summed E-state index contributed by atoms with van der Waals surface area (Å²) in [5.41, 5.74) is -0.0907. The first-order valence-electron chi connectivity index (χ1n) is 8.14. The second-order valence-corrected chi connectivity index (χ2v) is 5.56. The number of unbranched alkanes of at least 4 members (excludes halogenated alkanes) is 1. The Morgan fingerprint density at radius 3 is 2.38 bits per heavy atom. The van der Waals surface area contributed by atoms with Gasteiger partial charge < -0.3 is 15.4 Å². The first kappa shape index (κ1) is 20.3. The molecule has 4 nitrogen and oxygen atoms in total. The molecular formula is C17H25F3N2O2. The molecule has 0 aromatic heterocycles. The Hall–Kier alpha value is -1.76. The van der Waals surface area contributed by atoms with E-state index in [9.17, 15) is 18.0 Å². The standard InChI is InChI=1S/C17H25F3N2O2/c1-3-4-11-24-12-5-10-21-16(23)22-13(2)14-6-8-15(9-7-14)17(18,19)20/h6-9,13H,3-5,10-12H2,1-2H3,(H2,21,22,23). The van der Waals surface area contributed by atoms with Crippen molar-refractivity contribution in [2.24, 2.45) is 0 Å². The molecule has 1 aromatic carbocycles. The molecule has 1 unspecified atom stereocenters. The van der Waals surface area contributed by atoms with E-state index < -0.39 is 11.7 Å². The maximum absolute atomic E-state index is 12.5. The molecule has 1 aromatic rings. The van der Waals surface area contributed by atoms with Gasteiger partial charge in [0.15, 0.2) is 0 Å². The van der Waals surface area contributed by atoms with Crippen molar-refractivity contribution in [2.75, 3.05) is 19.8 Å². The predicted octanol–water partition coefficient (Wildman–Crippen LogP) is 4.27. The Kier molecular flexibility index (Phi) is 8.60. The lowest BCUT2D eigenvalue weighted by Crippen LogP contribution is -2.37. The van der Waals surface area contributed by atoms with Crippen LogP contribution in [-0.2, 0) is 10.9 Å². The van der Waals surface area contributed by atoms with Gasteiger partial charge in [0.25, 0.3) is 0 Å². The van der Waals surface area contributed by atoms with Gasteiger partial charge in [0, 0.05) is 19.8 Å². The van der Waals surface area contributed by atoms with Crippen molar-refractivity contribution in [1.82, 2.24) is 10.6 Å². The zero-order valence-corrected chi connectivity index (χ0v) is 14.1. The lowest BCUT2D eigenvalue weighted by Gasteiger charge is -2.16. The van der Waals surface area contributed by atoms with Gasteiger partial charge in [-0.15, -0.1) is 0 Å². The number of benzene rings is 1. The first-order valence-corrected chi connectivity index (χ1v) is 8.14. The monoisotopic (exact) mass is 346 g/mol. The van der Waals surface area contributed by atoms with Crippen molar-refractivity contribution in [3.63, 3.8) is 0 Å². The fraction of sp³-hybridized carbons (Fsp3) is 0.588. The highest BCUT2D eigenvalue weighted by molar-refractivity contribution is 5.74. The quantitative estimate of drug-likeness (QED) is 0.656. The van der Waals surface area contributed by atoms with Crippen LogP contribution in [0.4, 0.5) is 18.0 Å². The van der Waals surface area contributed by atoms with Crippen molar-refractivity contribution in [3.8, 4) is 0 Å². The molecule has 0 radical (unpaired) electrons. The Bertz CT molecular complexity index is 490. The van der Waals surface area contributed by atoms with E-state index in [-0.39, 0.29) is 12.1 Å². The topological polar surface area (TPSA) is 50.4 Å². The second kappa shape index (κ2) is 10.2. The molecule has 7 heteroatoms. The molecule has 2 N–H and O–H groups in total. The largest absolute Gasteiger partial charge is 0.416 e. The maximum atomic E-state index is 12.5. The van der Waals surface area contributed by atoms with Crippen LogP contribution in [0.3, 0.4) is 0 Å². The van der Waals surface area contributed by atoms with E-state index in [1.165, 1.54) is 12.1 Å². The van der Waals surface area contributed by atoms with Crippen molar-refractivity contribution in [3.05, 3.63) is 35.4 Å². The average molecular weight is 346 g/mol. The smallest absolute Gasteiger partial charge is 0.381 e. The molecule has 0 aliphatic heterocycles. The summed E-state index contributed by atoms with van der Waals surface area (Å²) in [4.78, 5) is 11.7. The summed E-state index contributed by atoms with van der Waals surface area (Å²) in [7, 11) is 0. The number of hydrogen-bond acceptors (Lipinski definition) is 2. The third-order valence-corrected chi connectivity index (χ3v) is 3.48. The third-order valence-electron chi connectivity index (χ3n) is 3.48. The van der Waals surface area contributed by atoms with Gasteiger partial charge in [-0.25, -0.2) is 4.79 Å². The normalized spacial score (nSPS) is 12.7. The van der Waals surface area contributed by atoms with Crippen molar-refractivity contribution in [2.45, 2.75) is 45.3 Å². The molecule has 2 amide bonds. The predicted molar refractivity (Wildman–Crippen MR) is 86.7 cm³/mol. The van der Waals surface area contributed by atoms with Gasteiger partial charge in [-0.2, -0.15) is 13.2 Å². The molecule has 0 saturated carbocycles. The van der Waals surface area contributed by atoms with Crippen LogP contribution in [0.5, 0.6) is 0 Å². The van der Waals surface area contributed by atoms with Gasteiger partial charge >= 0.3 is 12.2 Å². The molecule has 0 saturated heterocycles. The zero-order chi connectivity index (χ0) is 18.0. The van der Waals surface area contributed by atoms with Crippen LogP contribution in [-0.4, -0.2) is 25.8 Å². The number of amides is 2. The molecule has 1 atom stereocenters. The first-order chi connectivity index (χ1) is 11.3. The number of nitrogens with one attached hydrogen (secondary N) is 2. The highest BCUT2D eigenvalue weighted by Gasteiger charge is 2.30. The third kappa shape index (κ3) is 7.68. The molecule has 1 rings (SSSR count). The Labute approximate surface area is 140 Å². The molecular weight excluding hydrogens is 321 g/mol. The van der Waals surface area contributed by atoms with Crippen molar-refractivity contribution in [1.29, 1.82) is 0 Å². The summed E-state index contributed by atoms with van der Waals surface area (Å²) >= 11 is 0. The van der Waals surface area contributed by atoms with E-state index in [0.717, 1.165) is 31.6 Å². The van der Waals surface area contributed by atoms with E-state index in [1.807, 2.05) is 0 Å². The minimum atomic E-state index is -4.36. The Morgan fingerprint density at radius 1 is 1.17 bits per heavy atom. The number of ether oxygens (including phenoxy) is 1. The molecule has 24 heavy (non-hydrogen) atoms. The summed E-state index contributed by atoms with van der Waals surface area (Å²) in [6.45, 7) is 5.61. The number of urea groups is 1. The Balaban J connectivity index is 2.29. The van der Waals surface area contributed by atoms with Crippen LogP contribution in [0.1, 0.15) is 50.3 Å². The van der Waals surface area contributed by atoms with Crippen LogP contribution in [0.15, 0.2) is 24.3 Å². The molecule has 136 valence electrons. The van der Waals surface area contributed by atoms with E-state index in [0.29, 0.717) is 25.1 Å². The maximum Gasteiger partial charge on any atom is 0.416 e. The van der Waals surface area contributed by atoms with E-state index in [2.05, 4.69) is 17.6 Å². The number of alkyl halides is 3. The van der Waals surface area contributed by atoms with Gasteiger partial charge in [-0.3, -0.25) is 0 Å². The molecule has 0 fully saturated rings. The highest BCUT2D eigenvalue weighted by atomic mass is 19.4. The average Bonchev–Trinajstić information content (AvgIpc) is 2.53. The van der Waals surface area contributed by atoms with Crippen LogP contribution in [0, 0.1) is 0 Å². The van der Waals surface area contributed by atoms with Gasteiger partial charge in [-0.05, 0) is 37.5 Å². The van der Waals surface area contributed by atoms with Gasteiger partial charge in [0.05, 0.1) is 11.6 Å². The Morgan fingerprint density at radius 2 is 1.79 bits per heavy atom. The van der Waals surface area contributed by atoms with E-state index >= 15 is 0 Å². The number of carbonyl (C=O) groups excluding carboxylic acids is 1. The van der Waals surface area contributed by atoms with Crippen LogP contribution in [0.2, 0.25) is 0 Å². The lowest BCUT2D eigenvalue weighted by atomic mass is 10.1. The summed E-state index contributed by atoms with van der Waals surface area (Å²) in [6, 6.07) is 4.03.